The number of nitrogens with zero attached hydrogens (tertiary/aromatic N) is 1. The van der Waals surface area contributed by atoms with Crippen LogP contribution in [0.3, 0.4) is 0 Å². The number of aliphatic hydroxyl groups is 1. The first-order valence-corrected chi connectivity index (χ1v) is 6.27. The van der Waals surface area contributed by atoms with E-state index in [1.54, 1.807) is 13.0 Å². The highest BCUT2D eigenvalue weighted by Crippen LogP contribution is 2.30. The lowest BCUT2D eigenvalue weighted by atomic mass is 10.1. The molecule has 1 aromatic carbocycles. The summed E-state index contributed by atoms with van der Waals surface area (Å²) >= 11 is 0. The second kappa shape index (κ2) is 5.40. The van der Waals surface area contributed by atoms with Crippen LogP contribution in [0.4, 0.5) is 5.69 Å². The van der Waals surface area contributed by atoms with Crippen molar-refractivity contribution in [2.45, 2.75) is 31.9 Å². The van der Waals surface area contributed by atoms with Crippen LogP contribution in [-0.2, 0) is 4.74 Å². The zero-order valence-corrected chi connectivity index (χ0v) is 10.8. The predicted molar refractivity (Wildman–Crippen MR) is 69.8 cm³/mol. The Labute approximate surface area is 107 Å². The second-order valence-corrected chi connectivity index (χ2v) is 4.65. The average molecular weight is 249 g/mol. The second-order valence-electron chi connectivity index (χ2n) is 4.65. The Hall–Kier alpha value is -1.55. The van der Waals surface area contributed by atoms with Gasteiger partial charge in [-0.1, -0.05) is 12.1 Å². The summed E-state index contributed by atoms with van der Waals surface area (Å²) in [6.45, 7) is 2.66. The van der Waals surface area contributed by atoms with Crippen LogP contribution in [0.1, 0.15) is 30.1 Å². The van der Waals surface area contributed by atoms with Crippen LogP contribution < -0.4 is 4.90 Å². The third-order valence-electron chi connectivity index (χ3n) is 3.47. The number of carbonyl (C=O) groups excluding carboxylic acids is 1. The van der Waals surface area contributed by atoms with Crippen molar-refractivity contribution in [2.24, 2.45) is 0 Å². The Kier molecular flexibility index (Phi) is 3.87. The Morgan fingerprint density at radius 3 is 2.89 bits per heavy atom. The molecule has 18 heavy (non-hydrogen) atoms. The van der Waals surface area contributed by atoms with Gasteiger partial charge in [-0.25, -0.2) is 4.79 Å². The van der Waals surface area contributed by atoms with Crippen LogP contribution in [0.5, 0.6) is 0 Å². The molecule has 0 amide bonds. The molecule has 1 aliphatic heterocycles. The molecule has 2 rings (SSSR count). The molecule has 1 heterocycles. The molecule has 0 spiro atoms. The van der Waals surface area contributed by atoms with E-state index in [-0.39, 0.29) is 12.0 Å². The Morgan fingerprint density at radius 1 is 1.50 bits per heavy atom. The first kappa shape index (κ1) is 12.9. The van der Waals surface area contributed by atoms with Crippen molar-refractivity contribution >= 4 is 11.7 Å². The summed E-state index contributed by atoms with van der Waals surface area (Å²) in [6.07, 6.45) is 1.58. The fraction of sp³-hybridized carbons (Fsp3) is 0.500. The topological polar surface area (TPSA) is 49.8 Å². The van der Waals surface area contributed by atoms with E-state index in [1.165, 1.54) is 7.11 Å². The minimum atomic E-state index is -0.404. The van der Waals surface area contributed by atoms with Crippen molar-refractivity contribution in [1.82, 2.24) is 0 Å². The predicted octanol–water partition coefficient (Wildman–Crippen LogP) is 1.82. The molecule has 2 atom stereocenters. The monoisotopic (exact) mass is 249 g/mol. The van der Waals surface area contributed by atoms with Crippen molar-refractivity contribution in [2.75, 3.05) is 18.6 Å². The summed E-state index contributed by atoms with van der Waals surface area (Å²) in [5.41, 5.74) is 1.42. The number of methoxy groups -OCH3 is 1. The number of para-hydroxylation sites is 1. The Bertz CT molecular complexity index is 431. The highest BCUT2D eigenvalue weighted by Gasteiger charge is 2.30. The molecule has 1 saturated heterocycles. The molecular weight excluding hydrogens is 230 g/mol. The van der Waals surface area contributed by atoms with Crippen LogP contribution in [0.2, 0.25) is 0 Å². The Balaban J connectivity index is 2.35. The van der Waals surface area contributed by atoms with Gasteiger partial charge in [-0.3, -0.25) is 0 Å². The summed E-state index contributed by atoms with van der Waals surface area (Å²) < 4.78 is 4.80. The van der Waals surface area contributed by atoms with E-state index < -0.39 is 6.10 Å². The standard InChI is InChI=1S/C14H19NO3/c1-10(16)12-8-5-9-15(12)13-7-4-3-6-11(13)14(17)18-2/h3-4,6-7,10,12,16H,5,8-9H2,1-2H3. The highest BCUT2D eigenvalue weighted by molar-refractivity contribution is 5.95. The molecule has 98 valence electrons. The Morgan fingerprint density at radius 2 is 2.22 bits per heavy atom. The summed E-state index contributed by atoms with van der Waals surface area (Å²) in [6, 6.07) is 7.48. The van der Waals surface area contributed by atoms with E-state index in [1.807, 2.05) is 18.2 Å². The minimum Gasteiger partial charge on any atom is -0.465 e. The number of rotatable bonds is 3. The number of hydrogen-bond acceptors (Lipinski definition) is 4. The van der Waals surface area contributed by atoms with Gasteiger partial charge in [-0.2, -0.15) is 0 Å². The molecule has 1 aromatic rings. The molecule has 1 aliphatic rings. The summed E-state index contributed by atoms with van der Waals surface area (Å²) in [7, 11) is 1.38. The van der Waals surface area contributed by atoms with Gasteiger partial charge in [0.1, 0.15) is 0 Å². The van der Waals surface area contributed by atoms with Gasteiger partial charge in [0.15, 0.2) is 0 Å². The van der Waals surface area contributed by atoms with Gasteiger partial charge < -0.3 is 14.7 Å². The maximum atomic E-state index is 11.8. The molecule has 2 unspecified atom stereocenters. The van der Waals surface area contributed by atoms with Gasteiger partial charge in [-0.15, -0.1) is 0 Å². The number of esters is 1. The van der Waals surface area contributed by atoms with Crippen LogP contribution >= 0.6 is 0 Å². The van der Waals surface area contributed by atoms with Crippen LogP contribution in [-0.4, -0.2) is 36.9 Å². The third kappa shape index (κ3) is 2.34. The SMILES string of the molecule is COC(=O)c1ccccc1N1CCCC1C(C)O. The van der Waals surface area contributed by atoms with Crippen LogP contribution in [0, 0.1) is 0 Å². The molecule has 0 aromatic heterocycles. The lowest BCUT2D eigenvalue weighted by Crippen LogP contribution is -2.38. The van der Waals surface area contributed by atoms with Gasteiger partial charge in [-0.05, 0) is 31.9 Å². The van der Waals surface area contributed by atoms with E-state index in [9.17, 15) is 9.90 Å². The maximum absolute atomic E-state index is 11.8. The molecule has 0 aliphatic carbocycles. The smallest absolute Gasteiger partial charge is 0.339 e. The van der Waals surface area contributed by atoms with E-state index in [2.05, 4.69) is 4.90 Å². The van der Waals surface area contributed by atoms with Crippen molar-refractivity contribution in [3.05, 3.63) is 29.8 Å². The van der Waals surface area contributed by atoms with Crippen LogP contribution in [0.15, 0.2) is 24.3 Å². The number of benzene rings is 1. The van der Waals surface area contributed by atoms with Gasteiger partial charge >= 0.3 is 5.97 Å². The molecule has 4 nitrogen and oxygen atoms in total. The van der Waals surface area contributed by atoms with Crippen molar-refractivity contribution in [3.8, 4) is 0 Å². The van der Waals surface area contributed by atoms with Gasteiger partial charge in [0.2, 0.25) is 0 Å². The largest absolute Gasteiger partial charge is 0.465 e. The van der Waals surface area contributed by atoms with E-state index in [0.717, 1.165) is 25.1 Å². The molecule has 4 heteroatoms. The number of anilines is 1. The summed E-state index contributed by atoms with van der Waals surface area (Å²) in [5, 5.41) is 9.81. The normalized spacial score (nSPS) is 20.8. The first-order chi connectivity index (χ1) is 8.65. The van der Waals surface area contributed by atoms with Gasteiger partial charge in [0.05, 0.1) is 30.5 Å². The van der Waals surface area contributed by atoms with Crippen molar-refractivity contribution in [3.63, 3.8) is 0 Å². The van der Waals surface area contributed by atoms with E-state index in [4.69, 9.17) is 4.74 Å². The summed E-state index contributed by atoms with van der Waals surface area (Å²) in [4.78, 5) is 13.9. The lowest BCUT2D eigenvalue weighted by Gasteiger charge is -2.30. The fourth-order valence-corrected chi connectivity index (χ4v) is 2.60. The van der Waals surface area contributed by atoms with E-state index >= 15 is 0 Å². The maximum Gasteiger partial charge on any atom is 0.339 e. The molecule has 0 bridgehead atoms. The molecule has 1 N–H and O–H groups in total. The highest BCUT2D eigenvalue weighted by atomic mass is 16.5. The first-order valence-electron chi connectivity index (χ1n) is 6.27. The number of carbonyl (C=O) groups is 1. The number of aliphatic hydroxyl groups excluding tert-OH is 1. The molecule has 0 saturated carbocycles. The number of ether oxygens (including phenoxy) is 1. The van der Waals surface area contributed by atoms with Crippen molar-refractivity contribution < 1.29 is 14.6 Å². The molecule has 1 fully saturated rings. The fourth-order valence-electron chi connectivity index (χ4n) is 2.60. The van der Waals surface area contributed by atoms with Gasteiger partial charge in [0, 0.05) is 6.54 Å². The third-order valence-corrected chi connectivity index (χ3v) is 3.47. The van der Waals surface area contributed by atoms with Gasteiger partial charge in [0.25, 0.3) is 0 Å². The average Bonchev–Trinajstić information content (AvgIpc) is 2.87. The molecule has 0 radical (unpaired) electrons. The minimum absolute atomic E-state index is 0.0795. The van der Waals surface area contributed by atoms with Crippen LogP contribution in [0.25, 0.3) is 0 Å². The molecular formula is C14H19NO3. The lowest BCUT2D eigenvalue weighted by molar-refractivity contribution is 0.0601. The van der Waals surface area contributed by atoms with Crippen molar-refractivity contribution in [1.29, 1.82) is 0 Å². The zero-order chi connectivity index (χ0) is 13.1. The number of hydrogen-bond donors (Lipinski definition) is 1. The quantitative estimate of drug-likeness (QED) is 0.830. The van der Waals surface area contributed by atoms with E-state index in [0.29, 0.717) is 5.56 Å². The summed E-state index contributed by atoms with van der Waals surface area (Å²) in [5.74, 6) is -0.332. The zero-order valence-electron chi connectivity index (χ0n) is 10.8.